The zero-order valence-corrected chi connectivity index (χ0v) is 26.0. The Kier molecular flexibility index (Phi) is 12.6. The summed E-state index contributed by atoms with van der Waals surface area (Å²) in [5.74, 6) is -4.90. The maximum absolute atomic E-state index is 16.1. The lowest BCUT2D eigenvalue weighted by molar-refractivity contribution is -0.310. The van der Waals surface area contributed by atoms with E-state index in [1.54, 1.807) is 0 Å². The number of carboxylic acids is 1. The van der Waals surface area contributed by atoms with Crippen LogP contribution >= 0.6 is 0 Å². The van der Waals surface area contributed by atoms with Gasteiger partial charge in [-0.25, -0.2) is 8.78 Å². The van der Waals surface area contributed by atoms with Gasteiger partial charge in [-0.15, -0.1) is 0 Å². The molecular formula is C38H40F2O7. The van der Waals surface area contributed by atoms with Gasteiger partial charge >= 0.3 is 5.97 Å². The average Bonchev–Trinajstić information content (AvgIpc) is 3.10. The minimum absolute atomic E-state index is 0.00610. The molecule has 1 saturated heterocycles. The molecule has 0 aromatic heterocycles. The predicted molar refractivity (Wildman–Crippen MR) is 172 cm³/mol. The van der Waals surface area contributed by atoms with Gasteiger partial charge in [0.1, 0.15) is 24.4 Å². The second-order valence-electron chi connectivity index (χ2n) is 11.5. The van der Waals surface area contributed by atoms with Crippen LogP contribution in [-0.4, -0.2) is 54.1 Å². The van der Waals surface area contributed by atoms with Crippen molar-refractivity contribution in [3.8, 4) is 0 Å². The lowest BCUT2D eigenvalue weighted by Crippen LogP contribution is -2.65. The summed E-state index contributed by atoms with van der Waals surface area (Å²) in [6, 6.07) is 37.6. The Labute approximate surface area is 274 Å². The molecule has 0 radical (unpaired) electrons. The van der Waals surface area contributed by atoms with Crippen LogP contribution in [0.3, 0.4) is 0 Å². The fourth-order valence-electron chi connectivity index (χ4n) is 5.55. The quantitative estimate of drug-likeness (QED) is 0.130. The molecule has 7 nitrogen and oxygen atoms in total. The summed E-state index contributed by atoms with van der Waals surface area (Å²) >= 11 is 0. The van der Waals surface area contributed by atoms with E-state index in [2.05, 4.69) is 0 Å². The molecule has 1 heterocycles. The molecule has 4 aromatic carbocycles. The van der Waals surface area contributed by atoms with E-state index >= 15 is 8.78 Å². The number of hydrogen-bond acceptors (Lipinski definition) is 6. The first-order chi connectivity index (χ1) is 22.9. The van der Waals surface area contributed by atoms with Crippen LogP contribution in [0.5, 0.6) is 0 Å². The number of hydrogen-bond donors (Lipinski definition) is 1. The minimum Gasteiger partial charge on any atom is -0.481 e. The van der Waals surface area contributed by atoms with Gasteiger partial charge in [-0.1, -0.05) is 121 Å². The van der Waals surface area contributed by atoms with Gasteiger partial charge in [-0.3, -0.25) is 4.79 Å². The monoisotopic (exact) mass is 646 g/mol. The first kappa shape index (κ1) is 34.3. The summed E-state index contributed by atoms with van der Waals surface area (Å²) in [6.07, 6.45) is -7.71. The smallest absolute Gasteiger partial charge is 0.303 e. The topological polar surface area (TPSA) is 83.5 Å². The Morgan fingerprint density at radius 2 is 1.02 bits per heavy atom. The summed E-state index contributed by atoms with van der Waals surface area (Å²) in [5, 5.41) is 9.28. The number of alkyl halides is 2. The number of carboxylic acid groups (broad SMARTS) is 1. The molecule has 5 rings (SSSR count). The predicted octanol–water partition coefficient (Wildman–Crippen LogP) is 7.23. The maximum Gasteiger partial charge on any atom is 0.303 e. The van der Waals surface area contributed by atoms with Gasteiger partial charge in [0.25, 0.3) is 5.92 Å². The molecule has 0 aliphatic carbocycles. The Morgan fingerprint density at radius 1 is 0.617 bits per heavy atom. The highest BCUT2D eigenvalue weighted by Crippen LogP contribution is 2.39. The van der Waals surface area contributed by atoms with Gasteiger partial charge in [0.2, 0.25) is 0 Å². The molecule has 9 heteroatoms. The van der Waals surface area contributed by atoms with Gasteiger partial charge in [-0.2, -0.15) is 0 Å². The average molecular weight is 647 g/mol. The fourth-order valence-corrected chi connectivity index (χ4v) is 5.55. The second-order valence-corrected chi connectivity index (χ2v) is 11.5. The fraction of sp³-hybridized carbons (Fsp3) is 0.342. The van der Waals surface area contributed by atoms with E-state index in [-0.39, 0.29) is 33.0 Å². The molecule has 5 atom stereocenters. The number of benzene rings is 4. The van der Waals surface area contributed by atoms with Gasteiger partial charge < -0.3 is 28.8 Å². The van der Waals surface area contributed by atoms with Crippen LogP contribution in [0.1, 0.15) is 35.1 Å². The van der Waals surface area contributed by atoms with Crippen molar-refractivity contribution in [3.63, 3.8) is 0 Å². The van der Waals surface area contributed by atoms with E-state index in [0.717, 1.165) is 22.3 Å². The standard InChI is InChI=1S/C38H40F2O7/c39-38(40,22-21-33(41)42)37-36(46-26-31-19-11-4-12-20-31)35(45-25-30-17-9-3-10-18-30)34(44-24-29-15-7-2-8-16-29)32(47-37)27-43-23-28-13-5-1-6-14-28/h1-20,32,34-37H,21-27H2,(H,41,42). The maximum atomic E-state index is 16.1. The summed E-state index contributed by atoms with van der Waals surface area (Å²) in [7, 11) is 0. The third-order valence-electron chi connectivity index (χ3n) is 7.97. The first-order valence-electron chi connectivity index (χ1n) is 15.7. The third kappa shape index (κ3) is 10.2. The minimum atomic E-state index is -3.57. The molecule has 0 saturated carbocycles. The molecule has 1 aliphatic heterocycles. The summed E-state index contributed by atoms with van der Waals surface area (Å²) in [5.41, 5.74) is 3.41. The summed E-state index contributed by atoms with van der Waals surface area (Å²) in [6.45, 7) is 0.436. The van der Waals surface area contributed by atoms with Crippen LogP contribution in [0.15, 0.2) is 121 Å². The van der Waals surface area contributed by atoms with Crippen molar-refractivity contribution in [2.75, 3.05) is 6.61 Å². The lowest BCUT2D eigenvalue weighted by atomic mass is 9.89. The van der Waals surface area contributed by atoms with E-state index in [1.165, 1.54) is 0 Å². The highest BCUT2D eigenvalue weighted by Gasteiger charge is 2.57. The van der Waals surface area contributed by atoms with Gasteiger partial charge in [0, 0.05) is 6.42 Å². The van der Waals surface area contributed by atoms with Gasteiger partial charge in [0.15, 0.2) is 6.10 Å². The van der Waals surface area contributed by atoms with Crippen LogP contribution in [0.4, 0.5) is 8.78 Å². The third-order valence-corrected chi connectivity index (χ3v) is 7.97. The molecule has 1 fully saturated rings. The number of aliphatic carboxylic acids is 1. The number of halogens is 2. The van der Waals surface area contributed by atoms with Crippen LogP contribution in [0.25, 0.3) is 0 Å². The normalized spacial score (nSPS) is 21.4. The van der Waals surface area contributed by atoms with Crippen molar-refractivity contribution in [2.24, 2.45) is 0 Å². The Hall–Kier alpha value is -3.99. The van der Waals surface area contributed by atoms with Crippen molar-refractivity contribution < 1.29 is 42.4 Å². The largest absolute Gasteiger partial charge is 0.481 e. The molecule has 1 N–H and O–H groups in total. The van der Waals surface area contributed by atoms with Gasteiger partial charge in [-0.05, 0) is 22.3 Å². The van der Waals surface area contributed by atoms with E-state index in [0.29, 0.717) is 0 Å². The zero-order chi connectivity index (χ0) is 32.9. The Morgan fingerprint density at radius 3 is 1.47 bits per heavy atom. The first-order valence-corrected chi connectivity index (χ1v) is 15.7. The van der Waals surface area contributed by atoms with Crippen LogP contribution < -0.4 is 0 Å². The van der Waals surface area contributed by atoms with Crippen LogP contribution in [0, 0.1) is 0 Å². The molecule has 0 spiro atoms. The van der Waals surface area contributed by atoms with Crippen molar-refractivity contribution >= 4 is 5.97 Å². The molecule has 1 aliphatic rings. The van der Waals surface area contributed by atoms with Crippen molar-refractivity contribution in [1.82, 2.24) is 0 Å². The summed E-state index contributed by atoms with van der Waals surface area (Å²) < 4.78 is 63.7. The van der Waals surface area contributed by atoms with E-state index in [9.17, 15) is 9.90 Å². The highest BCUT2D eigenvalue weighted by molar-refractivity contribution is 5.66. The molecule has 0 amide bonds. The number of carbonyl (C=O) groups is 1. The van der Waals surface area contributed by atoms with Crippen molar-refractivity contribution in [1.29, 1.82) is 0 Å². The Bertz CT molecular complexity index is 1480. The molecule has 47 heavy (non-hydrogen) atoms. The molecular weight excluding hydrogens is 606 g/mol. The van der Waals surface area contributed by atoms with Gasteiger partial charge in [0.05, 0.1) is 39.5 Å². The van der Waals surface area contributed by atoms with Crippen LogP contribution in [-0.2, 0) is 54.9 Å². The molecule has 5 unspecified atom stereocenters. The van der Waals surface area contributed by atoms with Crippen molar-refractivity contribution in [3.05, 3.63) is 144 Å². The second kappa shape index (κ2) is 17.2. The van der Waals surface area contributed by atoms with Crippen LogP contribution in [0.2, 0.25) is 0 Å². The summed E-state index contributed by atoms with van der Waals surface area (Å²) in [4.78, 5) is 11.4. The molecule has 248 valence electrons. The SMILES string of the molecule is O=C(O)CCC(F)(F)C1OC(COCc2ccccc2)C(OCc2ccccc2)C(OCc2ccccc2)C1OCc1ccccc1. The lowest BCUT2D eigenvalue weighted by Gasteiger charge is -2.48. The Balaban J connectivity index is 1.48. The van der Waals surface area contributed by atoms with Crippen molar-refractivity contribution in [2.45, 2.75) is 75.7 Å². The molecule has 0 bridgehead atoms. The van der Waals surface area contributed by atoms with E-state index < -0.39 is 55.3 Å². The van der Waals surface area contributed by atoms with E-state index in [1.807, 2.05) is 121 Å². The number of ether oxygens (including phenoxy) is 5. The molecule has 4 aromatic rings. The highest BCUT2D eigenvalue weighted by atomic mass is 19.3. The zero-order valence-electron chi connectivity index (χ0n) is 26.0. The van der Waals surface area contributed by atoms with E-state index in [4.69, 9.17) is 23.7 Å². The number of rotatable bonds is 17.